The zero-order valence-electron chi connectivity index (χ0n) is 14.2. The minimum atomic E-state index is -0.357. The number of hydrogen-bond acceptors (Lipinski definition) is 3. The molecule has 4 aliphatic rings. The molecular weight excluding hydrogens is 298 g/mol. The maximum Gasteiger partial charge on any atom is 0.235 e. The summed E-state index contributed by atoms with van der Waals surface area (Å²) in [5.41, 5.74) is 3.71. The molecule has 0 spiro atoms. The lowest BCUT2D eigenvalue weighted by atomic mass is 9.82. The van der Waals surface area contributed by atoms with Crippen LogP contribution in [0.15, 0.2) is 23.2 Å². The summed E-state index contributed by atoms with van der Waals surface area (Å²) in [4.78, 5) is 18.1. The fourth-order valence-electron chi connectivity index (χ4n) is 5.56. The molecule has 4 heterocycles. The molecule has 1 aromatic carbocycles. The fourth-order valence-corrected chi connectivity index (χ4v) is 5.56. The highest BCUT2D eigenvalue weighted by atomic mass is 16.1. The van der Waals surface area contributed by atoms with Crippen LogP contribution in [0.1, 0.15) is 55.6 Å². The Morgan fingerprint density at radius 1 is 1.21 bits per heavy atom. The van der Waals surface area contributed by atoms with E-state index in [2.05, 4.69) is 39.7 Å². The van der Waals surface area contributed by atoms with Gasteiger partial charge in [-0.1, -0.05) is 31.0 Å². The molecular formula is C20H23N3O. The molecule has 0 radical (unpaired) electrons. The van der Waals surface area contributed by atoms with Gasteiger partial charge in [0.2, 0.25) is 6.08 Å². The van der Waals surface area contributed by atoms with E-state index < -0.39 is 0 Å². The Labute approximate surface area is 142 Å². The molecule has 1 saturated heterocycles. The summed E-state index contributed by atoms with van der Waals surface area (Å²) in [6.45, 7) is 2.35. The summed E-state index contributed by atoms with van der Waals surface area (Å²) < 4.78 is 2.38. The average Bonchev–Trinajstić information content (AvgIpc) is 3.22. The van der Waals surface area contributed by atoms with E-state index in [1.54, 1.807) is 0 Å². The first-order chi connectivity index (χ1) is 11.7. The van der Waals surface area contributed by atoms with Crippen LogP contribution in [0.3, 0.4) is 0 Å². The number of isocyanates is 1. The largest absolute Gasteiger partial charge is 0.358 e. The molecule has 3 aliphatic heterocycles. The van der Waals surface area contributed by atoms with Gasteiger partial charge in [0.1, 0.15) is 11.4 Å². The van der Waals surface area contributed by atoms with Crippen LogP contribution in [0.25, 0.3) is 10.9 Å². The van der Waals surface area contributed by atoms with Gasteiger partial charge in [-0.05, 0) is 31.6 Å². The first kappa shape index (κ1) is 14.3. The van der Waals surface area contributed by atoms with Crippen molar-refractivity contribution in [3.63, 3.8) is 0 Å². The van der Waals surface area contributed by atoms with Gasteiger partial charge in [-0.3, -0.25) is 0 Å². The number of anilines is 1. The number of benzene rings is 1. The van der Waals surface area contributed by atoms with Gasteiger partial charge < -0.3 is 9.47 Å². The van der Waals surface area contributed by atoms with E-state index in [-0.39, 0.29) is 5.54 Å². The fraction of sp³-hybridized carbons (Fsp3) is 0.550. The van der Waals surface area contributed by atoms with Crippen LogP contribution in [0, 0.1) is 0 Å². The molecule has 24 heavy (non-hydrogen) atoms. The van der Waals surface area contributed by atoms with Crippen molar-refractivity contribution < 1.29 is 4.79 Å². The molecule has 2 bridgehead atoms. The van der Waals surface area contributed by atoms with E-state index >= 15 is 0 Å². The number of aliphatic imine (C=N–C) groups is 1. The Hall–Kier alpha value is -2.06. The van der Waals surface area contributed by atoms with Crippen LogP contribution < -0.4 is 4.90 Å². The van der Waals surface area contributed by atoms with Crippen molar-refractivity contribution >= 4 is 22.8 Å². The summed E-state index contributed by atoms with van der Waals surface area (Å²) in [5, 5.41) is 1.38. The second kappa shape index (κ2) is 4.97. The molecule has 1 saturated carbocycles. The first-order valence-corrected chi connectivity index (χ1v) is 9.21. The molecule has 6 rings (SSSR count). The summed E-state index contributed by atoms with van der Waals surface area (Å²) in [6, 6.07) is 6.62. The second-order valence-corrected chi connectivity index (χ2v) is 7.70. The Morgan fingerprint density at radius 2 is 1.96 bits per heavy atom. The van der Waals surface area contributed by atoms with Gasteiger partial charge in [0.25, 0.3) is 0 Å². The number of rotatable bonds is 2. The van der Waals surface area contributed by atoms with Gasteiger partial charge in [-0.15, -0.1) is 0 Å². The van der Waals surface area contributed by atoms with Crippen LogP contribution in [0.2, 0.25) is 0 Å². The van der Waals surface area contributed by atoms with E-state index in [0.717, 1.165) is 25.7 Å². The number of nitrogens with zero attached hydrogens (tertiary/aromatic N) is 3. The standard InChI is InChI=1S/C20H23N3O/c1-22-18-15(17-14-7-11-23(12-8-14)19(17)22)5-4-6-16(18)20(21-13-24)9-2-3-10-20/h4-6,14H,2-3,7-12H2,1H3. The predicted molar refractivity (Wildman–Crippen MR) is 95.4 cm³/mol. The van der Waals surface area contributed by atoms with Crippen molar-refractivity contribution in [2.24, 2.45) is 12.0 Å². The van der Waals surface area contributed by atoms with Crippen LogP contribution >= 0.6 is 0 Å². The van der Waals surface area contributed by atoms with Crippen LogP contribution in [0.4, 0.5) is 5.82 Å². The highest BCUT2D eigenvalue weighted by Gasteiger charge is 2.41. The Morgan fingerprint density at radius 3 is 2.67 bits per heavy atom. The first-order valence-electron chi connectivity index (χ1n) is 9.21. The maximum absolute atomic E-state index is 11.2. The Bertz CT molecular complexity index is 861. The summed E-state index contributed by atoms with van der Waals surface area (Å²) in [5.74, 6) is 2.10. The average molecular weight is 321 g/mol. The third-order valence-electron chi connectivity index (χ3n) is 6.61. The number of fused-ring (bicyclic) bond motifs is 3. The molecule has 0 N–H and O–H groups in total. The third-order valence-corrected chi connectivity index (χ3v) is 6.61. The van der Waals surface area contributed by atoms with Gasteiger partial charge in [-0.2, -0.15) is 4.99 Å². The number of hydrogen-bond donors (Lipinski definition) is 0. The molecule has 4 nitrogen and oxygen atoms in total. The summed E-state index contributed by atoms with van der Waals surface area (Å²) in [7, 11) is 2.19. The topological polar surface area (TPSA) is 37.6 Å². The second-order valence-electron chi connectivity index (χ2n) is 7.70. The molecule has 124 valence electrons. The van der Waals surface area contributed by atoms with Gasteiger partial charge in [0.05, 0.1) is 5.52 Å². The van der Waals surface area contributed by atoms with Crippen molar-refractivity contribution in [3.05, 3.63) is 29.3 Å². The molecule has 1 aromatic heterocycles. The Balaban J connectivity index is 1.84. The normalized spacial score (nSPS) is 22.0. The molecule has 0 unspecified atom stereocenters. The highest BCUT2D eigenvalue weighted by molar-refractivity contribution is 5.94. The monoisotopic (exact) mass is 321 g/mol. The third kappa shape index (κ3) is 1.70. The van der Waals surface area contributed by atoms with E-state index in [9.17, 15) is 4.79 Å². The maximum atomic E-state index is 11.2. The molecule has 2 fully saturated rings. The number of para-hydroxylation sites is 1. The van der Waals surface area contributed by atoms with Gasteiger partial charge in [-0.25, -0.2) is 4.79 Å². The molecule has 4 heteroatoms. The molecule has 2 aromatic rings. The zero-order valence-corrected chi connectivity index (χ0v) is 14.2. The zero-order chi connectivity index (χ0) is 16.3. The summed E-state index contributed by atoms with van der Waals surface area (Å²) >= 11 is 0. The molecule has 0 amide bonds. The van der Waals surface area contributed by atoms with Crippen molar-refractivity contribution in [1.29, 1.82) is 0 Å². The van der Waals surface area contributed by atoms with Crippen LogP contribution in [-0.4, -0.2) is 23.7 Å². The van der Waals surface area contributed by atoms with Crippen LogP contribution in [-0.2, 0) is 17.4 Å². The minimum absolute atomic E-state index is 0.357. The van der Waals surface area contributed by atoms with Crippen molar-refractivity contribution in [2.75, 3.05) is 18.0 Å². The lowest BCUT2D eigenvalue weighted by molar-refractivity contribution is 0.457. The van der Waals surface area contributed by atoms with Crippen LogP contribution in [0.5, 0.6) is 0 Å². The number of aryl methyl sites for hydroxylation is 1. The van der Waals surface area contributed by atoms with Gasteiger partial charge in [0, 0.05) is 36.7 Å². The Kier molecular flexibility index (Phi) is 2.96. The SMILES string of the molecule is Cn1c2c(c3cccc(C4(N=C=O)CCCC4)c31)C1CCN2CC1. The van der Waals surface area contributed by atoms with E-state index in [4.69, 9.17) is 0 Å². The lowest BCUT2D eigenvalue weighted by Crippen LogP contribution is -2.39. The van der Waals surface area contributed by atoms with Crippen molar-refractivity contribution in [3.8, 4) is 0 Å². The van der Waals surface area contributed by atoms with E-state index in [1.807, 2.05) is 6.08 Å². The molecule has 1 aliphatic carbocycles. The minimum Gasteiger partial charge on any atom is -0.358 e. The van der Waals surface area contributed by atoms with E-state index in [0.29, 0.717) is 5.92 Å². The van der Waals surface area contributed by atoms with Crippen molar-refractivity contribution in [1.82, 2.24) is 4.57 Å². The smallest absolute Gasteiger partial charge is 0.235 e. The van der Waals surface area contributed by atoms with Gasteiger partial charge >= 0.3 is 0 Å². The quantitative estimate of drug-likeness (QED) is 0.620. The number of aromatic nitrogens is 1. The lowest BCUT2D eigenvalue weighted by Gasteiger charge is -2.41. The summed E-state index contributed by atoms with van der Waals surface area (Å²) in [6.07, 6.45) is 8.63. The number of carbonyl (C=O) groups excluding carboxylic acids is 1. The highest BCUT2D eigenvalue weighted by Crippen LogP contribution is 2.51. The molecule has 0 atom stereocenters. The van der Waals surface area contributed by atoms with E-state index in [1.165, 1.54) is 53.8 Å². The van der Waals surface area contributed by atoms with Gasteiger partial charge in [0.15, 0.2) is 0 Å². The van der Waals surface area contributed by atoms with Crippen molar-refractivity contribution in [2.45, 2.75) is 50.0 Å². The predicted octanol–water partition coefficient (Wildman–Crippen LogP) is 3.98. The number of piperidine rings is 1.